The van der Waals surface area contributed by atoms with E-state index >= 15 is 0 Å². The van der Waals surface area contributed by atoms with Crippen molar-refractivity contribution in [1.29, 1.82) is 0 Å². The van der Waals surface area contributed by atoms with Gasteiger partial charge in [0.2, 0.25) is 0 Å². The summed E-state index contributed by atoms with van der Waals surface area (Å²) in [6, 6.07) is 12.0. The summed E-state index contributed by atoms with van der Waals surface area (Å²) in [7, 11) is 1.66. The quantitative estimate of drug-likeness (QED) is 0.947. The number of piperidine rings is 1. The highest BCUT2D eigenvalue weighted by molar-refractivity contribution is 6.00. The SMILES string of the molecule is COc1cccc2ccc(C(=O)NC3CC4CCN(C4)C3)cc12. The van der Waals surface area contributed by atoms with E-state index in [0.29, 0.717) is 5.56 Å². The molecule has 120 valence electrons. The average Bonchev–Trinajstić information content (AvgIpc) is 2.92. The molecule has 4 rings (SSSR count). The van der Waals surface area contributed by atoms with E-state index < -0.39 is 0 Å². The minimum atomic E-state index is 0.0188. The first kappa shape index (κ1) is 14.5. The topological polar surface area (TPSA) is 41.6 Å². The van der Waals surface area contributed by atoms with Gasteiger partial charge in [0, 0.05) is 30.1 Å². The molecule has 2 saturated heterocycles. The van der Waals surface area contributed by atoms with Crippen LogP contribution in [0.15, 0.2) is 36.4 Å². The number of methoxy groups -OCH3 is 1. The van der Waals surface area contributed by atoms with Crippen LogP contribution < -0.4 is 10.1 Å². The molecule has 2 aromatic carbocycles. The number of nitrogens with zero attached hydrogens (tertiary/aromatic N) is 1. The molecule has 2 fully saturated rings. The van der Waals surface area contributed by atoms with Crippen molar-refractivity contribution in [2.24, 2.45) is 5.92 Å². The lowest BCUT2D eigenvalue weighted by Gasteiger charge is -2.30. The number of hydrogen-bond acceptors (Lipinski definition) is 3. The van der Waals surface area contributed by atoms with Crippen molar-refractivity contribution in [1.82, 2.24) is 10.2 Å². The van der Waals surface area contributed by atoms with Crippen LogP contribution in [0.25, 0.3) is 10.8 Å². The molecule has 2 aromatic rings. The fourth-order valence-corrected chi connectivity index (χ4v) is 4.00. The molecule has 2 bridgehead atoms. The van der Waals surface area contributed by atoms with E-state index in [9.17, 15) is 4.79 Å². The van der Waals surface area contributed by atoms with Crippen LogP contribution in [0.2, 0.25) is 0 Å². The molecule has 3 atom stereocenters. The molecule has 0 saturated carbocycles. The van der Waals surface area contributed by atoms with Gasteiger partial charge in [0.1, 0.15) is 5.75 Å². The number of ether oxygens (including phenoxy) is 1. The van der Waals surface area contributed by atoms with E-state index in [1.807, 2.05) is 36.4 Å². The number of hydrogen-bond donors (Lipinski definition) is 1. The van der Waals surface area contributed by atoms with Crippen LogP contribution >= 0.6 is 0 Å². The first-order valence-corrected chi connectivity index (χ1v) is 8.33. The average molecular weight is 310 g/mol. The van der Waals surface area contributed by atoms with Crippen LogP contribution in [0.1, 0.15) is 23.2 Å². The molecule has 0 radical (unpaired) electrons. The lowest BCUT2D eigenvalue weighted by molar-refractivity contribution is 0.0909. The number of rotatable bonds is 3. The molecule has 4 nitrogen and oxygen atoms in total. The molecule has 2 aliphatic heterocycles. The van der Waals surface area contributed by atoms with Crippen LogP contribution in [-0.2, 0) is 0 Å². The second-order valence-electron chi connectivity index (χ2n) is 6.72. The molecule has 2 heterocycles. The molecular weight excluding hydrogens is 288 g/mol. The van der Waals surface area contributed by atoms with E-state index in [-0.39, 0.29) is 11.9 Å². The van der Waals surface area contributed by atoms with E-state index in [1.165, 1.54) is 19.5 Å². The van der Waals surface area contributed by atoms with E-state index in [4.69, 9.17) is 4.74 Å². The Kier molecular flexibility index (Phi) is 3.69. The summed E-state index contributed by atoms with van der Waals surface area (Å²) in [5, 5.41) is 5.28. The van der Waals surface area contributed by atoms with Gasteiger partial charge in [0.05, 0.1) is 7.11 Å². The molecule has 4 heteroatoms. The number of amides is 1. The van der Waals surface area contributed by atoms with Crippen molar-refractivity contribution in [2.75, 3.05) is 26.7 Å². The summed E-state index contributed by atoms with van der Waals surface area (Å²) in [5.41, 5.74) is 0.704. The normalized spacial score (nSPS) is 26.2. The molecule has 0 aliphatic carbocycles. The minimum Gasteiger partial charge on any atom is -0.496 e. The predicted molar refractivity (Wildman–Crippen MR) is 90.9 cm³/mol. The Morgan fingerprint density at radius 2 is 2.17 bits per heavy atom. The highest BCUT2D eigenvalue weighted by Crippen LogP contribution is 2.28. The zero-order chi connectivity index (χ0) is 15.8. The lowest BCUT2D eigenvalue weighted by atomic mass is 9.96. The van der Waals surface area contributed by atoms with Crippen molar-refractivity contribution in [3.63, 3.8) is 0 Å². The van der Waals surface area contributed by atoms with Gasteiger partial charge in [-0.25, -0.2) is 0 Å². The Balaban J connectivity index is 1.55. The van der Waals surface area contributed by atoms with Gasteiger partial charge in [-0.1, -0.05) is 18.2 Å². The Morgan fingerprint density at radius 3 is 3.00 bits per heavy atom. The van der Waals surface area contributed by atoms with Crippen LogP contribution in [0, 0.1) is 5.92 Å². The maximum Gasteiger partial charge on any atom is 0.251 e. The molecule has 2 aliphatic rings. The summed E-state index contributed by atoms with van der Waals surface area (Å²) in [6.07, 6.45) is 2.39. The third-order valence-corrected chi connectivity index (χ3v) is 5.13. The molecular formula is C19H22N2O2. The number of fused-ring (bicyclic) bond motifs is 3. The second-order valence-corrected chi connectivity index (χ2v) is 6.72. The second kappa shape index (κ2) is 5.85. The van der Waals surface area contributed by atoms with Crippen molar-refractivity contribution in [3.8, 4) is 5.75 Å². The van der Waals surface area contributed by atoms with Crippen LogP contribution in [0.4, 0.5) is 0 Å². The predicted octanol–water partition coefficient (Wildman–Crippen LogP) is 2.67. The van der Waals surface area contributed by atoms with Gasteiger partial charge in [0.25, 0.3) is 5.91 Å². The Morgan fingerprint density at radius 1 is 1.26 bits per heavy atom. The third kappa shape index (κ3) is 2.79. The smallest absolute Gasteiger partial charge is 0.251 e. The highest BCUT2D eigenvalue weighted by Gasteiger charge is 2.32. The standard InChI is InChI=1S/C19H22N2O2/c1-23-18-4-2-3-14-5-6-15(10-17(14)18)19(22)20-16-9-13-7-8-21(11-13)12-16/h2-6,10,13,16H,7-9,11-12H2,1H3,(H,20,22). The highest BCUT2D eigenvalue weighted by atomic mass is 16.5. The molecule has 3 unspecified atom stereocenters. The number of carbonyl (C=O) groups excluding carboxylic acids is 1. The monoisotopic (exact) mass is 310 g/mol. The summed E-state index contributed by atoms with van der Waals surface area (Å²) in [4.78, 5) is 15.1. The minimum absolute atomic E-state index is 0.0188. The first-order chi connectivity index (χ1) is 11.2. The zero-order valence-electron chi connectivity index (χ0n) is 13.4. The van der Waals surface area contributed by atoms with Crippen molar-refractivity contribution in [3.05, 3.63) is 42.0 Å². The third-order valence-electron chi connectivity index (χ3n) is 5.13. The number of nitrogens with one attached hydrogen (secondary N) is 1. The van der Waals surface area contributed by atoms with E-state index in [0.717, 1.165) is 35.4 Å². The first-order valence-electron chi connectivity index (χ1n) is 8.33. The fraction of sp³-hybridized carbons (Fsp3) is 0.421. The van der Waals surface area contributed by atoms with Crippen molar-refractivity contribution < 1.29 is 9.53 Å². The number of benzene rings is 2. The maximum atomic E-state index is 12.6. The Hall–Kier alpha value is -2.07. The molecule has 0 spiro atoms. The van der Waals surface area contributed by atoms with Crippen LogP contribution in [0.3, 0.4) is 0 Å². The summed E-state index contributed by atoms with van der Waals surface area (Å²) >= 11 is 0. The summed E-state index contributed by atoms with van der Waals surface area (Å²) in [6.45, 7) is 3.38. The van der Waals surface area contributed by atoms with Gasteiger partial charge in [0.15, 0.2) is 0 Å². The van der Waals surface area contributed by atoms with Gasteiger partial charge >= 0.3 is 0 Å². The van der Waals surface area contributed by atoms with Gasteiger partial charge in [-0.2, -0.15) is 0 Å². The van der Waals surface area contributed by atoms with Gasteiger partial charge in [-0.3, -0.25) is 4.79 Å². The largest absolute Gasteiger partial charge is 0.496 e. The molecule has 1 amide bonds. The summed E-state index contributed by atoms with van der Waals surface area (Å²) < 4.78 is 5.41. The molecule has 0 aromatic heterocycles. The molecule has 23 heavy (non-hydrogen) atoms. The number of carbonyl (C=O) groups is 1. The van der Waals surface area contributed by atoms with Gasteiger partial charge < -0.3 is 15.0 Å². The van der Waals surface area contributed by atoms with Crippen molar-refractivity contribution in [2.45, 2.75) is 18.9 Å². The maximum absolute atomic E-state index is 12.6. The van der Waals surface area contributed by atoms with Crippen molar-refractivity contribution >= 4 is 16.7 Å². The van der Waals surface area contributed by atoms with Crippen LogP contribution in [0.5, 0.6) is 5.75 Å². The Bertz CT molecular complexity index is 731. The van der Waals surface area contributed by atoms with E-state index in [1.54, 1.807) is 7.11 Å². The zero-order valence-corrected chi connectivity index (χ0v) is 13.4. The van der Waals surface area contributed by atoms with Gasteiger partial charge in [-0.05, 0) is 48.9 Å². The van der Waals surface area contributed by atoms with Gasteiger partial charge in [-0.15, -0.1) is 0 Å². The lowest BCUT2D eigenvalue weighted by Crippen LogP contribution is -2.47. The molecule has 1 N–H and O–H groups in total. The van der Waals surface area contributed by atoms with E-state index in [2.05, 4.69) is 10.2 Å². The fourth-order valence-electron chi connectivity index (χ4n) is 4.00. The summed E-state index contributed by atoms with van der Waals surface area (Å²) in [5.74, 6) is 1.58. The Labute approximate surface area is 136 Å². The van der Waals surface area contributed by atoms with Crippen LogP contribution in [-0.4, -0.2) is 43.6 Å².